The fraction of sp³-hybridized carbons (Fsp3) is 0.0625. The number of carbonyl (C=O) groups is 1. The predicted molar refractivity (Wildman–Crippen MR) is 86.2 cm³/mol. The van der Waals surface area contributed by atoms with E-state index in [1.165, 1.54) is 13.0 Å². The molecule has 0 aliphatic rings. The number of esters is 1. The molecule has 5 nitrogen and oxygen atoms in total. The molecule has 0 fully saturated rings. The number of ether oxygens (including phenoxy) is 1. The molecule has 0 spiro atoms. The van der Waals surface area contributed by atoms with E-state index in [1.807, 2.05) is 0 Å². The van der Waals surface area contributed by atoms with Crippen molar-refractivity contribution in [3.05, 3.63) is 79.9 Å². The second-order valence-corrected chi connectivity index (χ2v) is 5.40. The number of nitro groups is 1. The Morgan fingerprint density at radius 3 is 2.55 bits per heavy atom. The fourth-order valence-corrected chi connectivity index (χ4v) is 2.11. The van der Waals surface area contributed by atoms with E-state index in [0.717, 1.165) is 4.47 Å². The molecule has 0 heterocycles. The molecule has 0 aromatic heterocycles. The lowest BCUT2D eigenvalue weighted by Crippen LogP contribution is -2.09. The number of benzene rings is 2. The van der Waals surface area contributed by atoms with Gasteiger partial charge in [0.1, 0.15) is 5.75 Å². The van der Waals surface area contributed by atoms with Gasteiger partial charge in [0.25, 0.3) is 0 Å². The molecule has 2 aromatic carbocycles. The molecule has 0 amide bonds. The van der Waals surface area contributed by atoms with Gasteiger partial charge in [-0.3, -0.25) is 10.1 Å². The summed E-state index contributed by atoms with van der Waals surface area (Å²) >= 11 is 3.29. The number of hydrogen-bond acceptors (Lipinski definition) is 4. The number of halogens is 1. The molecule has 6 heteroatoms. The van der Waals surface area contributed by atoms with Crippen LogP contribution in [0.4, 0.5) is 0 Å². The van der Waals surface area contributed by atoms with Crippen LogP contribution in [-0.2, 0) is 0 Å². The summed E-state index contributed by atoms with van der Waals surface area (Å²) < 4.78 is 6.07. The van der Waals surface area contributed by atoms with Crippen molar-refractivity contribution in [3.8, 4) is 5.75 Å². The van der Waals surface area contributed by atoms with Gasteiger partial charge in [-0.15, -0.1) is 0 Å². The van der Waals surface area contributed by atoms with Crippen LogP contribution < -0.4 is 4.74 Å². The lowest BCUT2D eigenvalue weighted by atomic mass is 10.1. The zero-order valence-electron chi connectivity index (χ0n) is 11.7. The Hall–Kier alpha value is -2.47. The summed E-state index contributed by atoms with van der Waals surface area (Å²) in [6.45, 7) is 1.38. The van der Waals surface area contributed by atoms with Gasteiger partial charge in [0.05, 0.1) is 10.5 Å². The van der Waals surface area contributed by atoms with E-state index in [4.69, 9.17) is 4.74 Å². The van der Waals surface area contributed by atoms with Crippen molar-refractivity contribution < 1.29 is 14.5 Å². The summed E-state index contributed by atoms with van der Waals surface area (Å²) in [6, 6.07) is 13.5. The molecule has 2 aromatic rings. The normalized spacial score (nSPS) is 11.1. The number of rotatable bonds is 4. The molecule has 0 saturated heterocycles. The van der Waals surface area contributed by atoms with Crippen molar-refractivity contribution in [2.75, 3.05) is 0 Å². The van der Waals surface area contributed by atoms with Gasteiger partial charge >= 0.3 is 5.97 Å². The van der Waals surface area contributed by atoms with Crippen molar-refractivity contribution in [1.29, 1.82) is 0 Å². The Bertz CT molecular complexity index is 741. The first-order chi connectivity index (χ1) is 10.5. The molecular weight excluding hydrogens is 350 g/mol. The molecule has 0 bridgehead atoms. The smallest absolute Gasteiger partial charge is 0.343 e. The quantitative estimate of drug-likeness (QED) is 0.352. The minimum atomic E-state index is -0.517. The standard InChI is InChI=1S/C16H12BrNO4/c1-11(18(20)21)9-13-10-14(17)7-8-15(13)22-16(19)12-5-3-2-4-6-12/h2-10H,1H3/b11-9+. The summed E-state index contributed by atoms with van der Waals surface area (Å²) in [5, 5.41) is 10.8. The van der Waals surface area contributed by atoms with Gasteiger partial charge in [-0.2, -0.15) is 0 Å². The van der Waals surface area contributed by atoms with Crippen LogP contribution in [0, 0.1) is 10.1 Å². The summed E-state index contributed by atoms with van der Waals surface area (Å²) in [6.07, 6.45) is 1.36. The average molecular weight is 362 g/mol. The van der Waals surface area contributed by atoms with E-state index in [0.29, 0.717) is 11.1 Å². The third-order valence-corrected chi connectivity index (χ3v) is 3.33. The van der Waals surface area contributed by atoms with E-state index in [2.05, 4.69) is 15.9 Å². The number of allylic oxidation sites excluding steroid dienone is 1. The first-order valence-electron chi connectivity index (χ1n) is 6.37. The highest BCUT2D eigenvalue weighted by Gasteiger charge is 2.13. The van der Waals surface area contributed by atoms with Gasteiger partial charge in [-0.1, -0.05) is 34.1 Å². The van der Waals surface area contributed by atoms with Crippen molar-refractivity contribution in [3.63, 3.8) is 0 Å². The fourth-order valence-electron chi connectivity index (χ4n) is 1.74. The highest BCUT2D eigenvalue weighted by atomic mass is 79.9. The summed E-state index contributed by atoms with van der Waals surface area (Å²) in [7, 11) is 0. The molecule has 0 aliphatic carbocycles. The topological polar surface area (TPSA) is 69.4 Å². The largest absolute Gasteiger partial charge is 0.422 e. The molecule has 2 rings (SSSR count). The third kappa shape index (κ3) is 4.02. The summed E-state index contributed by atoms with van der Waals surface area (Å²) in [5.41, 5.74) is 0.814. The first kappa shape index (κ1) is 15.9. The molecule has 0 radical (unpaired) electrons. The monoisotopic (exact) mass is 361 g/mol. The van der Waals surface area contributed by atoms with E-state index >= 15 is 0 Å². The maximum absolute atomic E-state index is 12.1. The zero-order chi connectivity index (χ0) is 16.1. The van der Waals surface area contributed by atoms with Crippen LogP contribution in [0.15, 0.2) is 58.7 Å². The van der Waals surface area contributed by atoms with Crippen LogP contribution in [0.5, 0.6) is 5.75 Å². The van der Waals surface area contributed by atoms with E-state index in [1.54, 1.807) is 48.5 Å². The molecule has 0 atom stereocenters. The Morgan fingerprint density at radius 2 is 1.91 bits per heavy atom. The van der Waals surface area contributed by atoms with Crippen LogP contribution >= 0.6 is 15.9 Å². The molecule has 0 saturated carbocycles. The Labute approximate surface area is 135 Å². The average Bonchev–Trinajstić information content (AvgIpc) is 2.50. The molecule has 112 valence electrons. The number of nitrogens with zero attached hydrogens (tertiary/aromatic N) is 1. The van der Waals surface area contributed by atoms with Crippen molar-refractivity contribution in [2.45, 2.75) is 6.92 Å². The van der Waals surface area contributed by atoms with Crippen LogP contribution in [0.1, 0.15) is 22.8 Å². The third-order valence-electron chi connectivity index (χ3n) is 2.84. The van der Waals surface area contributed by atoms with Crippen LogP contribution in [0.3, 0.4) is 0 Å². The zero-order valence-corrected chi connectivity index (χ0v) is 13.2. The maximum atomic E-state index is 12.1. The minimum absolute atomic E-state index is 0.0462. The lowest BCUT2D eigenvalue weighted by molar-refractivity contribution is -0.422. The molecular formula is C16H12BrNO4. The van der Waals surface area contributed by atoms with E-state index < -0.39 is 10.9 Å². The van der Waals surface area contributed by atoms with Gasteiger partial charge < -0.3 is 4.74 Å². The van der Waals surface area contributed by atoms with Crippen molar-refractivity contribution in [2.24, 2.45) is 0 Å². The van der Waals surface area contributed by atoms with E-state index in [9.17, 15) is 14.9 Å². The van der Waals surface area contributed by atoms with Gasteiger partial charge in [0.2, 0.25) is 5.70 Å². The van der Waals surface area contributed by atoms with Gasteiger partial charge in [-0.25, -0.2) is 4.79 Å². The molecule has 0 N–H and O–H groups in total. The second-order valence-electron chi connectivity index (χ2n) is 4.48. The summed E-state index contributed by atoms with van der Waals surface area (Å²) in [4.78, 5) is 22.3. The van der Waals surface area contributed by atoms with E-state index in [-0.39, 0.29) is 11.4 Å². The molecule has 22 heavy (non-hydrogen) atoms. The minimum Gasteiger partial charge on any atom is -0.422 e. The summed E-state index contributed by atoms with van der Waals surface area (Å²) in [5.74, 6) is -0.255. The van der Waals surface area contributed by atoms with Crippen molar-refractivity contribution >= 4 is 28.0 Å². The van der Waals surface area contributed by atoms with Gasteiger partial charge in [-0.05, 0) is 30.3 Å². The highest BCUT2D eigenvalue weighted by Crippen LogP contribution is 2.26. The maximum Gasteiger partial charge on any atom is 0.343 e. The molecule has 0 unspecified atom stereocenters. The van der Waals surface area contributed by atoms with Gasteiger partial charge in [0.15, 0.2) is 0 Å². The number of carbonyl (C=O) groups excluding carboxylic acids is 1. The van der Waals surface area contributed by atoms with Crippen LogP contribution in [0.25, 0.3) is 6.08 Å². The Kier molecular flexibility index (Phi) is 5.06. The van der Waals surface area contributed by atoms with Crippen molar-refractivity contribution in [1.82, 2.24) is 0 Å². The Morgan fingerprint density at radius 1 is 1.23 bits per heavy atom. The second kappa shape index (κ2) is 7.00. The predicted octanol–water partition coefficient (Wildman–Crippen LogP) is 4.31. The van der Waals surface area contributed by atoms with Crippen LogP contribution in [0.2, 0.25) is 0 Å². The SMILES string of the molecule is C/C(=C\c1cc(Br)ccc1OC(=O)c1ccccc1)[N+](=O)[O-]. The highest BCUT2D eigenvalue weighted by molar-refractivity contribution is 9.10. The van der Waals surface area contributed by atoms with Gasteiger partial charge in [0, 0.05) is 23.0 Å². The lowest BCUT2D eigenvalue weighted by Gasteiger charge is -2.08. The Balaban J connectivity index is 2.33. The molecule has 0 aliphatic heterocycles. The first-order valence-corrected chi connectivity index (χ1v) is 7.16. The number of hydrogen-bond donors (Lipinski definition) is 0. The van der Waals surface area contributed by atoms with Crippen LogP contribution in [-0.4, -0.2) is 10.9 Å².